The summed E-state index contributed by atoms with van der Waals surface area (Å²) in [5.74, 6) is 0. The minimum Gasteiger partial charge on any atom is -0.399 e. The maximum Gasteiger partial charge on any atom is 0.494 e. The SMILES string of the molecule is CC1(C)OB(c2ccc3c(c2)sc2cc4ccccc4cc23)OC1(C)C. The first kappa shape index (κ1) is 16.3. The van der Waals surface area contributed by atoms with Gasteiger partial charge in [0.15, 0.2) is 0 Å². The zero-order valence-corrected chi connectivity index (χ0v) is 16.3. The topological polar surface area (TPSA) is 18.5 Å². The number of thiophene rings is 1. The van der Waals surface area contributed by atoms with E-state index in [1.807, 2.05) is 11.3 Å². The molecule has 1 aliphatic rings. The molecule has 0 saturated carbocycles. The Kier molecular flexibility index (Phi) is 3.34. The molecule has 0 unspecified atom stereocenters. The van der Waals surface area contributed by atoms with E-state index in [2.05, 4.69) is 82.3 Å². The highest BCUT2D eigenvalue weighted by Gasteiger charge is 2.51. The van der Waals surface area contributed by atoms with E-state index in [-0.39, 0.29) is 18.3 Å². The standard InChI is InChI=1S/C22H21BO2S/c1-21(2)22(3,4)25-23(24-21)16-9-10-17-18-11-14-7-5-6-8-15(14)12-19(18)26-20(17)13-16/h5-13H,1-4H3. The van der Waals surface area contributed by atoms with E-state index in [0.717, 1.165) is 5.46 Å². The van der Waals surface area contributed by atoms with E-state index in [1.165, 1.54) is 30.9 Å². The van der Waals surface area contributed by atoms with Gasteiger partial charge >= 0.3 is 7.12 Å². The van der Waals surface area contributed by atoms with Gasteiger partial charge in [-0.25, -0.2) is 0 Å². The zero-order chi connectivity index (χ0) is 18.1. The molecule has 0 amide bonds. The summed E-state index contributed by atoms with van der Waals surface area (Å²) in [6.45, 7) is 8.38. The molecule has 1 saturated heterocycles. The summed E-state index contributed by atoms with van der Waals surface area (Å²) in [5.41, 5.74) is 0.460. The second-order valence-corrected chi connectivity index (χ2v) is 9.23. The van der Waals surface area contributed by atoms with Gasteiger partial charge < -0.3 is 9.31 Å². The Morgan fingerprint density at radius 2 is 1.35 bits per heavy atom. The minimum atomic E-state index is -0.315. The van der Waals surface area contributed by atoms with Crippen LogP contribution in [-0.2, 0) is 9.31 Å². The second kappa shape index (κ2) is 5.32. The van der Waals surface area contributed by atoms with Crippen LogP contribution in [0.15, 0.2) is 54.6 Å². The fourth-order valence-electron chi connectivity index (χ4n) is 3.60. The van der Waals surface area contributed by atoms with Crippen LogP contribution in [-0.4, -0.2) is 18.3 Å². The van der Waals surface area contributed by atoms with Crippen LogP contribution < -0.4 is 5.46 Å². The van der Waals surface area contributed by atoms with Gasteiger partial charge in [-0.1, -0.05) is 36.4 Å². The first-order valence-electron chi connectivity index (χ1n) is 9.05. The molecule has 1 fully saturated rings. The van der Waals surface area contributed by atoms with Gasteiger partial charge in [-0.3, -0.25) is 0 Å². The van der Waals surface area contributed by atoms with Crippen molar-refractivity contribution in [1.29, 1.82) is 0 Å². The number of hydrogen-bond acceptors (Lipinski definition) is 3. The summed E-state index contributed by atoms with van der Waals surface area (Å²) in [5, 5.41) is 5.20. The van der Waals surface area contributed by atoms with Gasteiger partial charge in [-0.15, -0.1) is 11.3 Å². The van der Waals surface area contributed by atoms with Gasteiger partial charge in [0.25, 0.3) is 0 Å². The van der Waals surface area contributed by atoms with Crippen LogP contribution in [0, 0.1) is 0 Å². The number of benzene rings is 3. The third-order valence-electron chi connectivity index (χ3n) is 5.89. The van der Waals surface area contributed by atoms with Gasteiger partial charge in [0, 0.05) is 20.2 Å². The van der Waals surface area contributed by atoms with Crippen molar-refractivity contribution in [2.45, 2.75) is 38.9 Å². The molecule has 0 bridgehead atoms. The highest BCUT2D eigenvalue weighted by atomic mass is 32.1. The van der Waals surface area contributed by atoms with E-state index in [1.54, 1.807) is 0 Å². The van der Waals surface area contributed by atoms with Crippen molar-refractivity contribution >= 4 is 54.9 Å². The number of hydrogen-bond donors (Lipinski definition) is 0. The van der Waals surface area contributed by atoms with E-state index in [9.17, 15) is 0 Å². The molecule has 0 radical (unpaired) electrons. The smallest absolute Gasteiger partial charge is 0.399 e. The van der Waals surface area contributed by atoms with Gasteiger partial charge in [0.05, 0.1) is 11.2 Å². The second-order valence-electron chi connectivity index (χ2n) is 8.14. The first-order valence-corrected chi connectivity index (χ1v) is 9.86. The quantitative estimate of drug-likeness (QED) is 0.417. The van der Waals surface area contributed by atoms with Crippen molar-refractivity contribution in [3.8, 4) is 0 Å². The van der Waals surface area contributed by atoms with Crippen LogP contribution in [0.25, 0.3) is 30.9 Å². The van der Waals surface area contributed by atoms with Gasteiger partial charge in [0.2, 0.25) is 0 Å². The maximum absolute atomic E-state index is 6.22. The maximum atomic E-state index is 6.22. The molecule has 0 atom stereocenters. The highest BCUT2D eigenvalue weighted by molar-refractivity contribution is 7.26. The first-order chi connectivity index (χ1) is 12.3. The molecule has 1 aromatic heterocycles. The Morgan fingerprint density at radius 1 is 0.731 bits per heavy atom. The Bertz CT molecular complexity index is 1140. The fraction of sp³-hybridized carbons (Fsp3) is 0.273. The average molecular weight is 360 g/mol. The van der Waals surface area contributed by atoms with Gasteiger partial charge in [-0.2, -0.15) is 0 Å². The van der Waals surface area contributed by atoms with Crippen LogP contribution >= 0.6 is 11.3 Å². The summed E-state index contributed by atoms with van der Waals surface area (Å²) in [4.78, 5) is 0. The molecule has 2 heterocycles. The molecule has 0 N–H and O–H groups in total. The lowest BCUT2D eigenvalue weighted by atomic mass is 9.79. The van der Waals surface area contributed by atoms with Crippen molar-refractivity contribution in [3.05, 3.63) is 54.6 Å². The molecule has 0 aliphatic carbocycles. The normalized spacial score (nSPS) is 19.0. The summed E-state index contributed by atoms with van der Waals surface area (Å²) in [6, 6.07) is 19.7. The molecule has 5 rings (SSSR count). The third-order valence-corrected chi connectivity index (χ3v) is 7.00. The lowest BCUT2D eigenvalue weighted by Crippen LogP contribution is -2.41. The summed E-state index contributed by atoms with van der Waals surface area (Å²) < 4.78 is 15.0. The zero-order valence-electron chi connectivity index (χ0n) is 15.5. The van der Waals surface area contributed by atoms with Gasteiger partial charge in [-0.05, 0) is 62.1 Å². The molecule has 1 aliphatic heterocycles. The summed E-state index contributed by atoms with van der Waals surface area (Å²) in [7, 11) is -0.311. The average Bonchev–Trinajstić information content (AvgIpc) is 3.05. The molecule has 2 nitrogen and oxygen atoms in total. The van der Waals surface area contributed by atoms with Crippen LogP contribution in [0.5, 0.6) is 0 Å². The Balaban J connectivity index is 1.64. The van der Waals surface area contributed by atoms with E-state index in [4.69, 9.17) is 9.31 Å². The predicted molar refractivity (Wildman–Crippen MR) is 113 cm³/mol. The van der Waals surface area contributed by atoms with E-state index >= 15 is 0 Å². The lowest BCUT2D eigenvalue weighted by Gasteiger charge is -2.32. The monoisotopic (exact) mass is 360 g/mol. The number of fused-ring (bicyclic) bond motifs is 4. The van der Waals surface area contributed by atoms with Crippen molar-refractivity contribution in [1.82, 2.24) is 0 Å². The van der Waals surface area contributed by atoms with Crippen molar-refractivity contribution in [2.75, 3.05) is 0 Å². The van der Waals surface area contributed by atoms with Crippen molar-refractivity contribution in [3.63, 3.8) is 0 Å². The minimum absolute atomic E-state index is 0.311. The molecule has 3 aromatic carbocycles. The third kappa shape index (κ3) is 2.33. The summed E-state index contributed by atoms with van der Waals surface area (Å²) in [6.07, 6.45) is 0. The number of rotatable bonds is 1. The Morgan fingerprint density at radius 3 is 2.04 bits per heavy atom. The molecule has 130 valence electrons. The molecule has 4 aromatic rings. The Labute approximate surface area is 157 Å². The highest BCUT2D eigenvalue weighted by Crippen LogP contribution is 2.38. The lowest BCUT2D eigenvalue weighted by molar-refractivity contribution is 0.00578. The molecule has 0 spiro atoms. The molecular formula is C22H21BO2S. The molecular weight excluding hydrogens is 339 g/mol. The van der Waals surface area contributed by atoms with Crippen molar-refractivity contribution < 1.29 is 9.31 Å². The fourth-order valence-corrected chi connectivity index (χ4v) is 4.79. The predicted octanol–water partition coefficient (Wildman–Crippen LogP) is 5.51. The van der Waals surface area contributed by atoms with E-state index in [0.29, 0.717) is 0 Å². The van der Waals surface area contributed by atoms with Gasteiger partial charge in [0.1, 0.15) is 0 Å². The van der Waals surface area contributed by atoms with Crippen LogP contribution in [0.4, 0.5) is 0 Å². The summed E-state index contributed by atoms with van der Waals surface area (Å²) >= 11 is 1.84. The van der Waals surface area contributed by atoms with Crippen LogP contribution in [0.3, 0.4) is 0 Å². The van der Waals surface area contributed by atoms with Crippen LogP contribution in [0.1, 0.15) is 27.7 Å². The largest absolute Gasteiger partial charge is 0.494 e. The van der Waals surface area contributed by atoms with Crippen molar-refractivity contribution in [2.24, 2.45) is 0 Å². The Hall–Kier alpha value is -1.88. The van der Waals surface area contributed by atoms with Crippen LogP contribution in [0.2, 0.25) is 0 Å². The molecule has 4 heteroatoms. The molecule has 26 heavy (non-hydrogen) atoms. The van der Waals surface area contributed by atoms with E-state index < -0.39 is 0 Å².